The first kappa shape index (κ1) is 15.4. The van der Waals surface area contributed by atoms with Crippen molar-refractivity contribution in [1.29, 1.82) is 0 Å². The van der Waals surface area contributed by atoms with Gasteiger partial charge in [0.1, 0.15) is 5.75 Å². The molecule has 102 valence electrons. The van der Waals surface area contributed by atoms with Gasteiger partial charge in [0, 0.05) is 20.3 Å². The van der Waals surface area contributed by atoms with Crippen LogP contribution in [0.25, 0.3) is 0 Å². The van der Waals surface area contributed by atoms with Crippen molar-refractivity contribution in [2.24, 2.45) is 0 Å². The molecule has 0 unspecified atom stereocenters. The van der Waals surface area contributed by atoms with Crippen molar-refractivity contribution >= 4 is 15.9 Å². The number of phenols is 1. The van der Waals surface area contributed by atoms with Gasteiger partial charge in [-0.15, -0.1) is 0 Å². The number of rotatable bonds is 9. The minimum atomic E-state index is 0.269. The van der Waals surface area contributed by atoms with E-state index in [2.05, 4.69) is 21.2 Å². The largest absolute Gasteiger partial charge is 0.507 e. The van der Waals surface area contributed by atoms with Crippen LogP contribution in [0.3, 0.4) is 0 Å². The highest BCUT2D eigenvalue weighted by Gasteiger charge is 1.99. The van der Waals surface area contributed by atoms with Crippen LogP contribution < -0.4 is 5.32 Å². The van der Waals surface area contributed by atoms with Crippen LogP contribution in [0.4, 0.5) is 0 Å². The first-order valence-electron chi connectivity index (χ1n) is 5.99. The zero-order valence-corrected chi connectivity index (χ0v) is 12.2. The van der Waals surface area contributed by atoms with Crippen LogP contribution in [-0.4, -0.2) is 38.6 Å². The quantitative estimate of drug-likeness (QED) is 0.686. The highest BCUT2D eigenvalue weighted by molar-refractivity contribution is 9.10. The molecule has 5 heteroatoms. The van der Waals surface area contributed by atoms with Gasteiger partial charge in [0.15, 0.2) is 0 Å². The molecule has 0 fully saturated rings. The number of methoxy groups -OCH3 is 1. The molecular weight excluding hydrogens is 298 g/mol. The van der Waals surface area contributed by atoms with E-state index in [0.717, 1.165) is 36.2 Å². The Morgan fingerprint density at radius 2 is 2.11 bits per heavy atom. The normalized spacial score (nSPS) is 10.8. The summed E-state index contributed by atoms with van der Waals surface area (Å²) in [5.41, 5.74) is 1.14. The van der Waals surface area contributed by atoms with Crippen LogP contribution in [0.15, 0.2) is 22.7 Å². The van der Waals surface area contributed by atoms with E-state index in [1.165, 1.54) is 0 Å². The van der Waals surface area contributed by atoms with Crippen molar-refractivity contribution in [3.63, 3.8) is 0 Å². The topological polar surface area (TPSA) is 50.7 Å². The van der Waals surface area contributed by atoms with Gasteiger partial charge in [-0.25, -0.2) is 0 Å². The summed E-state index contributed by atoms with van der Waals surface area (Å²) in [6.07, 6.45) is 0.975. The first-order chi connectivity index (χ1) is 8.74. The number of nitrogens with one attached hydrogen (secondary N) is 1. The second kappa shape index (κ2) is 9.33. The van der Waals surface area contributed by atoms with Gasteiger partial charge in [-0.1, -0.05) is 6.07 Å². The van der Waals surface area contributed by atoms with E-state index in [1.807, 2.05) is 12.1 Å². The highest BCUT2D eigenvalue weighted by atomic mass is 79.9. The fourth-order valence-electron chi connectivity index (χ4n) is 1.44. The molecule has 0 aliphatic heterocycles. The summed E-state index contributed by atoms with van der Waals surface area (Å²) in [6, 6.07) is 5.51. The predicted molar refractivity (Wildman–Crippen MR) is 74.8 cm³/mol. The van der Waals surface area contributed by atoms with Crippen LogP contribution in [0.2, 0.25) is 0 Å². The van der Waals surface area contributed by atoms with Crippen molar-refractivity contribution in [2.45, 2.75) is 13.0 Å². The average Bonchev–Trinajstić information content (AvgIpc) is 2.37. The average molecular weight is 318 g/mol. The maximum atomic E-state index is 9.36. The first-order valence-corrected chi connectivity index (χ1v) is 6.78. The van der Waals surface area contributed by atoms with E-state index < -0.39 is 0 Å². The Kier molecular flexibility index (Phi) is 8.00. The Morgan fingerprint density at radius 3 is 2.83 bits per heavy atom. The van der Waals surface area contributed by atoms with Crippen LogP contribution in [0, 0.1) is 0 Å². The van der Waals surface area contributed by atoms with Crippen LogP contribution in [0.5, 0.6) is 5.75 Å². The lowest BCUT2D eigenvalue weighted by molar-refractivity contribution is 0.0695. The summed E-state index contributed by atoms with van der Waals surface area (Å²) in [6.45, 7) is 3.74. The monoisotopic (exact) mass is 317 g/mol. The minimum Gasteiger partial charge on any atom is -0.507 e. The molecule has 0 heterocycles. The standard InChI is InChI=1S/C13H20BrNO3/c1-17-7-8-18-6-2-5-15-10-11-3-4-13(16)12(14)9-11/h3-4,9,15-16H,2,5-8,10H2,1H3. The molecule has 1 aromatic carbocycles. The number of phenolic OH excluding ortho intramolecular Hbond substituents is 1. The van der Waals surface area contributed by atoms with E-state index in [-0.39, 0.29) is 5.75 Å². The highest BCUT2D eigenvalue weighted by Crippen LogP contribution is 2.24. The molecule has 0 atom stereocenters. The fraction of sp³-hybridized carbons (Fsp3) is 0.538. The molecule has 0 saturated carbocycles. The molecule has 0 amide bonds. The lowest BCUT2D eigenvalue weighted by Crippen LogP contribution is -2.16. The van der Waals surface area contributed by atoms with Gasteiger partial charge in [-0.05, 0) is 46.6 Å². The van der Waals surface area contributed by atoms with Gasteiger partial charge in [0.2, 0.25) is 0 Å². The van der Waals surface area contributed by atoms with Gasteiger partial charge in [0.25, 0.3) is 0 Å². The lowest BCUT2D eigenvalue weighted by Gasteiger charge is -2.07. The minimum absolute atomic E-state index is 0.269. The molecule has 1 aromatic rings. The summed E-state index contributed by atoms with van der Waals surface area (Å²) in [7, 11) is 1.67. The number of ether oxygens (including phenoxy) is 2. The predicted octanol–water partition coefficient (Wildman–Crippen LogP) is 2.30. The fourth-order valence-corrected chi connectivity index (χ4v) is 1.86. The van der Waals surface area contributed by atoms with E-state index in [0.29, 0.717) is 13.2 Å². The van der Waals surface area contributed by atoms with Crippen molar-refractivity contribution in [3.8, 4) is 5.75 Å². The molecule has 0 spiro atoms. The summed E-state index contributed by atoms with van der Waals surface area (Å²) < 4.78 is 11.0. The molecule has 2 N–H and O–H groups in total. The molecule has 0 aliphatic carbocycles. The number of benzene rings is 1. The molecule has 18 heavy (non-hydrogen) atoms. The van der Waals surface area contributed by atoms with Crippen LogP contribution >= 0.6 is 15.9 Å². The Balaban J connectivity index is 2.05. The molecule has 1 rings (SSSR count). The SMILES string of the molecule is COCCOCCCNCc1ccc(O)c(Br)c1. The van der Waals surface area contributed by atoms with Crippen molar-refractivity contribution in [1.82, 2.24) is 5.32 Å². The third kappa shape index (κ3) is 6.35. The lowest BCUT2D eigenvalue weighted by atomic mass is 10.2. The number of hydrogen-bond donors (Lipinski definition) is 2. The van der Waals surface area contributed by atoms with Crippen molar-refractivity contribution in [2.75, 3.05) is 33.5 Å². The molecule has 0 radical (unpaired) electrons. The van der Waals surface area contributed by atoms with Crippen molar-refractivity contribution in [3.05, 3.63) is 28.2 Å². The Hall–Kier alpha value is -0.620. The van der Waals surface area contributed by atoms with E-state index >= 15 is 0 Å². The van der Waals surface area contributed by atoms with E-state index in [4.69, 9.17) is 9.47 Å². The number of aromatic hydroxyl groups is 1. The molecule has 0 saturated heterocycles. The second-order valence-electron chi connectivity index (χ2n) is 3.92. The maximum Gasteiger partial charge on any atom is 0.129 e. The van der Waals surface area contributed by atoms with Gasteiger partial charge < -0.3 is 19.9 Å². The third-order valence-electron chi connectivity index (χ3n) is 2.42. The van der Waals surface area contributed by atoms with Gasteiger partial charge >= 0.3 is 0 Å². The Morgan fingerprint density at radius 1 is 1.28 bits per heavy atom. The summed E-state index contributed by atoms with van der Waals surface area (Å²) in [4.78, 5) is 0. The summed E-state index contributed by atoms with van der Waals surface area (Å²) in [5, 5.41) is 12.7. The van der Waals surface area contributed by atoms with Gasteiger partial charge in [0.05, 0.1) is 17.7 Å². The smallest absolute Gasteiger partial charge is 0.129 e. The zero-order valence-electron chi connectivity index (χ0n) is 10.6. The van der Waals surface area contributed by atoms with Gasteiger partial charge in [-0.3, -0.25) is 0 Å². The number of hydrogen-bond acceptors (Lipinski definition) is 4. The molecular formula is C13H20BrNO3. The van der Waals surface area contributed by atoms with Crippen LogP contribution in [-0.2, 0) is 16.0 Å². The molecule has 0 bridgehead atoms. The van der Waals surface area contributed by atoms with E-state index in [1.54, 1.807) is 13.2 Å². The summed E-state index contributed by atoms with van der Waals surface area (Å²) >= 11 is 3.29. The summed E-state index contributed by atoms with van der Waals surface area (Å²) in [5.74, 6) is 0.269. The Bertz CT molecular complexity index is 347. The third-order valence-corrected chi connectivity index (χ3v) is 3.05. The maximum absolute atomic E-state index is 9.36. The second-order valence-corrected chi connectivity index (χ2v) is 4.78. The molecule has 0 aliphatic rings. The number of halogens is 1. The van der Waals surface area contributed by atoms with Gasteiger partial charge in [-0.2, -0.15) is 0 Å². The van der Waals surface area contributed by atoms with E-state index in [9.17, 15) is 5.11 Å². The Labute approximate surface area is 116 Å². The zero-order chi connectivity index (χ0) is 13.2. The van der Waals surface area contributed by atoms with Crippen molar-refractivity contribution < 1.29 is 14.6 Å². The molecule has 4 nitrogen and oxygen atoms in total. The van der Waals surface area contributed by atoms with Crippen LogP contribution in [0.1, 0.15) is 12.0 Å². The molecule has 0 aromatic heterocycles.